The molecule has 4 N–H and O–H groups in total. The summed E-state index contributed by atoms with van der Waals surface area (Å²) in [5, 5.41) is 6.47. The molecule has 154 valence electrons. The van der Waals surface area contributed by atoms with Crippen molar-refractivity contribution in [2.45, 2.75) is 13.3 Å². The third-order valence-corrected chi connectivity index (χ3v) is 5.47. The number of pyridine rings is 1. The second kappa shape index (κ2) is 8.86. The van der Waals surface area contributed by atoms with Crippen LogP contribution in [-0.4, -0.2) is 30.5 Å². The normalized spacial score (nSPS) is 18.3. The van der Waals surface area contributed by atoms with E-state index in [0.717, 1.165) is 48.8 Å². The Morgan fingerprint density at radius 2 is 2.13 bits per heavy atom. The molecule has 6 nitrogen and oxygen atoms in total. The molecule has 0 saturated carbocycles. The lowest BCUT2D eigenvalue weighted by Gasteiger charge is -2.23. The van der Waals surface area contributed by atoms with Crippen LogP contribution >= 0.6 is 0 Å². The van der Waals surface area contributed by atoms with E-state index >= 15 is 0 Å². The molecule has 1 saturated heterocycles. The highest BCUT2D eigenvalue weighted by atomic mass is 15.2. The smallest absolute Gasteiger partial charge is 0.129 e. The highest BCUT2D eigenvalue weighted by molar-refractivity contribution is 5.94. The van der Waals surface area contributed by atoms with Crippen LogP contribution in [0, 0.1) is 12.8 Å². The summed E-state index contributed by atoms with van der Waals surface area (Å²) in [6, 6.07) is 10.6. The molecule has 2 aromatic rings. The van der Waals surface area contributed by atoms with E-state index in [9.17, 15) is 0 Å². The third kappa shape index (κ3) is 4.38. The minimum atomic E-state index is 0.528. The van der Waals surface area contributed by atoms with Crippen LogP contribution in [0.2, 0.25) is 0 Å². The maximum Gasteiger partial charge on any atom is 0.129 e. The number of nitrogens with one attached hydrogen (secondary N) is 2. The maximum absolute atomic E-state index is 5.35. The minimum absolute atomic E-state index is 0.528. The Bertz CT molecular complexity index is 1000. The van der Waals surface area contributed by atoms with Crippen LogP contribution in [0.4, 0.5) is 11.5 Å². The summed E-state index contributed by atoms with van der Waals surface area (Å²) in [7, 11) is 0. The molecule has 0 aliphatic carbocycles. The lowest BCUT2D eigenvalue weighted by atomic mass is 10.0. The summed E-state index contributed by atoms with van der Waals surface area (Å²) in [5.74, 6) is 2.29. The van der Waals surface area contributed by atoms with E-state index in [0.29, 0.717) is 5.92 Å². The molecule has 1 fully saturated rings. The van der Waals surface area contributed by atoms with E-state index in [1.54, 1.807) is 6.20 Å². The zero-order chi connectivity index (χ0) is 20.9. The first-order valence-electron chi connectivity index (χ1n) is 10.2. The molecule has 3 heterocycles. The number of nitrogens with two attached hydrogens (primary N) is 1. The Labute approximate surface area is 177 Å². The summed E-state index contributed by atoms with van der Waals surface area (Å²) < 4.78 is 0. The van der Waals surface area contributed by atoms with Crippen LogP contribution in [0.5, 0.6) is 0 Å². The fourth-order valence-electron chi connectivity index (χ4n) is 3.95. The SMILES string of the molecule is C=C1CC(CNC2=NCC=C2)CN1c1ccc(-c2ccc(N/C=C\N)nc2)cc1C. The van der Waals surface area contributed by atoms with Gasteiger partial charge in [-0.25, -0.2) is 4.98 Å². The van der Waals surface area contributed by atoms with Gasteiger partial charge in [-0.2, -0.15) is 0 Å². The van der Waals surface area contributed by atoms with Crippen LogP contribution in [0.3, 0.4) is 0 Å². The molecule has 4 rings (SSSR count). The topological polar surface area (TPSA) is 78.6 Å². The molecular weight excluding hydrogens is 372 g/mol. The molecule has 2 aliphatic heterocycles. The molecule has 0 radical (unpaired) electrons. The predicted octanol–water partition coefficient (Wildman–Crippen LogP) is 3.80. The van der Waals surface area contributed by atoms with Crippen molar-refractivity contribution in [1.82, 2.24) is 10.3 Å². The van der Waals surface area contributed by atoms with E-state index in [1.165, 1.54) is 23.1 Å². The number of benzene rings is 1. The molecule has 1 aromatic heterocycles. The Balaban J connectivity index is 1.43. The van der Waals surface area contributed by atoms with E-state index in [-0.39, 0.29) is 0 Å². The largest absolute Gasteiger partial charge is 0.403 e. The Morgan fingerprint density at radius 1 is 1.27 bits per heavy atom. The highest BCUT2D eigenvalue weighted by Gasteiger charge is 2.27. The van der Waals surface area contributed by atoms with Crippen molar-refractivity contribution in [1.29, 1.82) is 0 Å². The summed E-state index contributed by atoms with van der Waals surface area (Å²) >= 11 is 0. The van der Waals surface area contributed by atoms with Gasteiger partial charge in [0.15, 0.2) is 0 Å². The van der Waals surface area contributed by atoms with Crippen molar-refractivity contribution >= 4 is 17.3 Å². The van der Waals surface area contributed by atoms with Crippen molar-refractivity contribution in [3.05, 3.63) is 78.9 Å². The van der Waals surface area contributed by atoms with Crippen LogP contribution in [-0.2, 0) is 0 Å². The lowest BCUT2D eigenvalue weighted by Crippen LogP contribution is -2.29. The monoisotopic (exact) mass is 400 g/mol. The van der Waals surface area contributed by atoms with E-state index in [1.807, 2.05) is 12.3 Å². The summed E-state index contributed by atoms with van der Waals surface area (Å²) in [6.45, 7) is 9.16. The van der Waals surface area contributed by atoms with Crippen LogP contribution < -0.4 is 21.3 Å². The number of hydrogen-bond acceptors (Lipinski definition) is 6. The zero-order valence-corrected chi connectivity index (χ0v) is 17.3. The van der Waals surface area contributed by atoms with Crippen molar-refractivity contribution in [2.75, 3.05) is 29.9 Å². The first-order chi connectivity index (χ1) is 14.6. The van der Waals surface area contributed by atoms with Crippen LogP contribution in [0.15, 0.2) is 78.3 Å². The molecule has 0 spiro atoms. The Morgan fingerprint density at radius 3 is 2.83 bits per heavy atom. The number of hydrogen-bond donors (Lipinski definition) is 3. The summed E-state index contributed by atoms with van der Waals surface area (Å²) in [5.41, 5.74) is 11.2. The third-order valence-electron chi connectivity index (χ3n) is 5.47. The molecule has 6 heteroatoms. The average Bonchev–Trinajstić information content (AvgIpc) is 3.40. The van der Waals surface area contributed by atoms with Gasteiger partial charge in [0.2, 0.25) is 0 Å². The lowest BCUT2D eigenvalue weighted by molar-refractivity contribution is 0.579. The van der Waals surface area contributed by atoms with Crippen molar-refractivity contribution in [3.63, 3.8) is 0 Å². The number of rotatable bonds is 6. The van der Waals surface area contributed by atoms with Gasteiger partial charge in [-0.15, -0.1) is 0 Å². The second-order valence-electron chi connectivity index (χ2n) is 7.69. The fourth-order valence-corrected chi connectivity index (χ4v) is 3.95. The first kappa shape index (κ1) is 19.8. The maximum atomic E-state index is 5.35. The first-order valence-corrected chi connectivity index (χ1v) is 10.2. The van der Waals surface area contributed by atoms with Crippen molar-refractivity contribution in [3.8, 4) is 11.1 Å². The molecule has 1 unspecified atom stereocenters. The highest BCUT2D eigenvalue weighted by Crippen LogP contribution is 2.34. The van der Waals surface area contributed by atoms with Crippen LogP contribution in [0.1, 0.15) is 12.0 Å². The zero-order valence-electron chi connectivity index (χ0n) is 17.3. The Hall–Kier alpha value is -3.54. The van der Waals surface area contributed by atoms with Crippen LogP contribution in [0.25, 0.3) is 11.1 Å². The van der Waals surface area contributed by atoms with Gasteiger partial charge in [-0.05, 0) is 60.7 Å². The number of nitrogens with zero attached hydrogens (tertiary/aromatic N) is 3. The van der Waals surface area contributed by atoms with Gasteiger partial charge in [0, 0.05) is 48.6 Å². The number of allylic oxidation sites excluding steroid dienone is 1. The molecule has 2 aliphatic rings. The molecule has 30 heavy (non-hydrogen) atoms. The predicted molar refractivity (Wildman–Crippen MR) is 125 cm³/mol. The van der Waals surface area contributed by atoms with Gasteiger partial charge in [0.25, 0.3) is 0 Å². The number of aryl methyl sites for hydroxylation is 1. The van der Waals surface area contributed by atoms with E-state index < -0.39 is 0 Å². The van der Waals surface area contributed by atoms with Gasteiger partial charge in [-0.1, -0.05) is 18.7 Å². The fraction of sp³-hybridized carbons (Fsp3) is 0.250. The minimum Gasteiger partial charge on any atom is -0.403 e. The summed E-state index contributed by atoms with van der Waals surface area (Å²) in [6.07, 6.45) is 10.1. The van der Waals surface area contributed by atoms with Crippen molar-refractivity contribution in [2.24, 2.45) is 16.6 Å². The van der Waals surface area contributed by atoms with Gasteiger partial charge >= 0.3 is 0 Å². The number of anilines is 2. The Kier molecular flexibility index (Phi) is 5.84. The average molecular weight is 401 g/mol. The molecule has 0 amide bonds. The molecule has 1 atom stereocenters. The van der Waals surface area contributed by atoms with E-state index in [4.69, 9.17) is 5.73 Å². The molecular formula is C24H28N6. The summed E-state index contributed by atoms with van der Waals surface area (Å²) in [4.78, 5) is 11.2. The van der Waals surface area contributed by atoms with Crippen molar-refractivity contribution < 1.29 is 0 Å². The van der Waals surface area contributed by atoms with Gasteiger partial charge in [0.1, 0.15) is 11.7 Å². The van der Waals surface area contributed by atoms with Gasteiger partial charge in [0.05, 0.1) is 6.54 Å². The number of amidine groups is 1. The van der Waals surface area contributed by atoms with E-state index in [2.05, 4.69) is 75.4 Å². The molecule has 1 aromatic carbocycles. The second-order valence-corrected chi connectivity index (χ2v) is 7.69. The van der Waals surface area contributed by atoms with Gasteiger partial charge < -0.3 is 21.3 Å². The quantitative estimate of drug-likeness (QED) is 0.687. The van der Waals surface area contributed by atoms with Gasteiger partial charge in [-0.3, -0.25) is 4.99 Å². The molecule has 0 bridgehead atoms. The number of aromatic nitrogens is 1. The number of aliphatic imine (C=N–C) groups is 1. The standard InChI is InChI=1S/C24H28N6/c1-17-12-20(21-6-8-24(29-15-21)27-11-9-25)5-7-22(17)30-16-19(13-18(30)2)14-28-23-4-3-10-26-23/h3-9,11-12,15,19H,2,10,13-14,16,25H2,1H3,(H,26,28)(H,27,29)/b11-9-.